The number of nitrogen functional groups attached to an aromatic ring is 1. The van der Waals surface area contributed by atoms with Gasteiger partial charge in [0.05, 0.1) is 43.5 Å². The summed E-state index contributed by atoms with van der Waals surface area (Å²) in [6.07, 6.45) is 9.95. The Morgan fingerprint density at radius 3 is 2.27 bits per heavy atom. The molecule has 4 rings (SSSR count). The van der Waals surface area contributed by atoms with E-state index in [0.717, 1.165) is 71.0 Å². The molecule has 3 amide bonds. The third-order valence-corrected chi connectivity index (χ3v) is 11.9. The van der Waals surface area contributed by atoms with Crippen LogP contribution >= 0.6 is 11.3 Å². The summed E-state index contributed by atoms with van der Waals surface area (Å²) < 4.78 is 5.45. The van der Waals surface area contributed by atoms with E-state index in [0.29, 0.717) is 61.8 Å². The number of aliphatic hydroxyl groups excluding tert-OH is 2. The van der Waals surface area contributed by atoms with Crippen LogP contribution < -0.4 is 11.1 Å². The van der Waals surface area contributed by atoms with Crippen molar-refractivity contribution in [2.45, 2.75) is 122 Å². The van der Waals surface area contributed by atoms with Gasteiger partial charge in [-0.25, -0.2) is 4.98 Å². The Balaban J connectivity index is 1.50. The summed E-state index contributed by atoms with van der Waals surface area (Å²) in [7, 11) is 1.79. The maximum absolute atomic E-state index is 14.3. The van der Waals surface area contributed by atoms with Crippen LogP contribution in [0.4, 0.5) is 5.13 Å². The van der Waals surface area contributed by atoms with Crippen LogP contribution in [0.5, 0.6) is 0 Å². The predicted octanol–water partition coefficient (Wildman–Crippen LogP) is 3.70. The zero-order valence-electron chi connectivity index (χ0n) is 31.5. The SMILES string of the molecule is CC(C)C[C@H](O)[C@H](O)[C@H](CC1CCCCC1)NC(=O)[C@@H](CC(=O)N(CC(=O)N(C)CCN1CCOCC1)CC1CCCCC1)Cc1csc(N)n1. The van der Waals surface area contributed by atoms with Gasteiger partial charge in [-0.3, -0.25) is 19.3 Å². The Kier molecular flexibility index (Phi) is 17.4. The Labute approximate surface area is 309 Å². The van der Waals surface area contributed by atoms with Gasteiger partial charge in [-0.1, -0.05) is 65.2 Å². The van der Waals surface area contributed by atoms with Crippen molar-refractivity contribution in [2.24, 2.45) is 23.7 Å². The van der Waals surface area contributed by atoms with E-state index in [1.54, 1.807) is 16.8 Å². The lowest BCUT2D eigenvalue weighted by atomic mass is 9.82. The zero-order chi connectivity index (χ0) is 36.8. The van der Waals surface area contributed by atoms with Crippen LogP contribution in [0.2, 0.25) is 0 Å². The molecular weight excluding hydrogens is 669 g/mol. The zero-order valence-corrected chi connectivity index (χ0v) is 32.3. The van der Waals surface area contributed by atoms with Crippen LogP contribution in [-0.2, 0) is 25.5 Å². The Bertz CT molecular complexity index is 1200. The fraction of sp³-hybridized carbons (Fsp3) is 0.842. The number of amides is 3. The first-order valence-corrected chi connectivity index (χ1v) is 20.5. The summed E-state index contributed by atoms with van der Waals surface area (Å²) in [5, 5.41) is 27.7. The first-order valence-electron chi connectivity index (χ1n) is 19.7. The van der Waals surface area contributed by atoms with E-state index in [1.807, 2.05) is 19.2 Å². The molecule has 2 aliphatic carbocycles. The van der Waals surface area contributed by atoms with Crippen LogP contribution in [0.1, 0.15) is 103 Å². The molecule has 2 saturated carbocycles. The lowest BCUT2D eigenvalue weighted by molar-refractivity contribution is -0.142. The third-order valence-electron chi connectivity index (χ3n) is 11.1. The van der Waals surface area contributed by atoms with Crippen molar-refractivity contribution in [2.75, 3.05) is 65.3 Å². The number of anilines is 1. The molecule has 1 aliphatic heterocycles. The van der Waals surface area contributed by atoms with Crippen molar-refractivity contribution in [1.29, 1.82) is 0 Å². The Morgan fingerprint density at radius 2 is 1.67 bits per heavy atom. The number of nitrogens with two attached hydrogens (primary N) is 1. The van der Waals surface area contributed by atoms with Crippen LogP contribution in [0.25, 0.3) is 0 Å². The molecule has 0 spiro atoms. The molecule has 1 saturated heterocycles. The lowest BCUT2D eigenvalue weighted by Gasteiger charge is -2.34. The Hall–Kier alpha value is -2.32. The van der Waals surface area contributed by atoms with Crippen molar-refractivity contribution < 1.29 is 29.3 Å². The van der Waals surface area contributed by atoms with Gasteiger partial charge in [-0.05, 0) is 43.4 Å². The predicted molar refractivity (Wildman–Crippen MR) is 201 cm³/mol. The van der Waals surface area contributed by atoms with Gasteiger partial charge in [-0.15, -0.1) is 11.3 Å². The van der Waals surface area contributed by atoms with Gasteiger partial charge in [0, 0.05) is 58.0 Å². The molecule has 3 aliphatic rings. The normalized spacial score (nSPS) is 20.4. The van der Waals surface area contributed by atoms with Gasteiger partial charge in [0.25, 0.3) is 0 Å². The summed E-state index contributed by atoms with van der Waals surface area (Å²) in [5.74, 6) is -0.641. The number of aromatic nitrogens is 1. The monoisotopic (exact) mass is 734 g/mol. The number of hydrogen-bond acceptors (Lipinski definition) is 10. The molecule has 3 fully saturated rings. The van der Waals surface area contributed by atoms with Crippen LogP contribution in [0.15, 0.2) is 5.38 Å². The number of morpholine rings is 1. The summed E-state index contributed by atoms with van der Waals surface area (Å²) >= 11 is 1.29. The molecule has 290 valence electrons. The summed E-state index contributed by atoms with van der Waals surface area (Å²) in [6.45, 7) is 8.85. The highest BCUT2D eigenvalue weighted by molar-refractivity contribution is 7.13. The first-order chi connectivity index (χ1) is 24.5. The highest BCUT2D eigenvalue weighted by Crippen LogP contribution is 2.30. The van der Waals surface area contributed by atoms with Crippen LogP contribution in [0.3, 0.4) is 0 Å². The minimum Gasteiger partial charge on any atom is -0.390 e. The van der Waals surface area contributed by atoms with Gasteiger partial charge < -0.3 is 35.8 Å². The van der Waals surface area contributed by atoms with Crippen molar-refractivity contribution in [3.63, 3.8) is 0 Å². The number of hydrogen-bond donors (Lipinski definition) is 4. The van der Waals surface area contributed by atoms with E-state index in [2.05, 4.69) is 15.2 Å². The summed E-state index contributed by atoms with van der Waals surface area (Å²) in [4.78, 5) is 52.2. The van der Waals surface area contributed by atoms with Crippen molar-refractivity contribution in [3.8, 4) is 0 Å². The molecule has 0 radical (unpaired) electrons. The second-order valence-corrected chi connectivity index (χ2v) is 16.8. The molecule has 51 heavy (non-hydrogen) atoms. The molecule has 4 atom stereocenters. The maximum Gasteiger partial charge on any atom is 0.241 e. The van der Waals surface area contributed by atoms with E-state index in [1.165, 1.54) is 24.2 Å². The average Bonchev–Trinajstić information content (AvgIpc) is 3.54. The lowest BCUT2D eigenvalue weighted by Crippen LogP contribution is -2.52. The first kappa shape index (κ1) is 41.4. The van der Waals surface area contributed by atoms with Crippen LogP contribution in [-0.4, -0.2) is 125 Å². The summed E-state index contributed by atoms with van der Waals surface area (Å²) in [5.41, 5.74) is 6.59. The molecule has 5 N–H and O–H groups in total. The fourth-order valence-electron chi connectivity index (χ4n) is 7.98. The van der Waals surface area contributed by atoms with Gasteiger partial charge >= 0.3 is 0 Å². The van der Waals surface area contributed by atoms with Crippen molar-refractivity contribution in [1.82, 2.24) is 25.0 Å². The number of rotatable bonds is 19. The van der Waals surface area contributed by atoms with Gasteiger partial charge in [-0.2, -0.15) is 0 Å². The van der Waals surface area contributed by atoms with Crippen molar-refractivity contribution >= 4 is 34.2 Å². The highest BCUT2D eigenvalue weighted by Gasteiger charge is 2.35. The molecule has 12 nitrogen and oxygen atoms in total. The Morgan fingerprint density at radius 1 is 1.02 bits per heavy atom. The molecule has 1 aromatic heterocycles. The molecule has 13 heteroatoms. The number of carbonyl (C=O) groups excluding carboxylic acids is 3. The fourth-order valence-corrected chi connectivity index (χ4v) is 8.56. The molecule has 0 unspecified atom stereocenters. The molecular formula is C38H66N6O6S. The van der Waals surface area contributed by atoms with E-state index in [-0.39, 0.29) is 43.0 Å². The largest absolute Gasteiger partial charge is 0.390 e. The number of ether oxygens (including phenoxy) is 1. The van der Waals surface area contributed by atoms with Gasteiger partial charge in [0.2, 0.25) is 17.7 Å². The standard InChI is InChI=1S/C38H66N6O6S/c1-27(2)20-33(45)36(48)32(21-28-10-6-4-7-11-28)41-37(49)30(22-31-26-51-38(39)40-31)23-34(46)44(24-29-12-8-5-9-13-29)25-35(47)42(3)14-15-43-16-18-50-19-17-43/h26-30,32-33,36,45,48H,4-25H2,1-3H3,(H2,39,40)(H,41,49)/t30-,32+,33+,36-/m1/s1. The molecule has 1 aromatic rings. The number of carbonyl (C=O) groups is 3. The maximum atomic E-state index is 14.3. The topological polar surface area (TPSA) is 162 Å². The van der Waals surface area contributed by atoms with Crippen LogP contribution in [0, 0.1) is 23.7 Å². The minimum absolute atomic E-state index is 0.0304. The minimum atomic E-state index is -1.13. The number of aliphatic hydroxyl groups is 2. The smallest absolute Gasteiger partial charge is 0.241 e. The highest BCUT2D eigenvalue weighted by atomic mass is 32.1. The average molecular weight is 735 g/mol. The van der Waals surface area contributed by atoms with Crippen molar-refractivity contribution in [3.05, 3.63) is 11.1 Å². The van der Waals surface area contributed by atoms with E-state index in [4.69, 9.17) is 10.5 Å². The quantitative estimate of drug-likeness (QED) is 0.166. The summed E-state index contributed by atoms with van der Waals surface area (Å²) in [6, 6.07) is -0.646. The molecule has 2 heterocycles. The number of nitrogens with zero attached hydrogens (tertiary/aromatic N) is 4. The second-order valence-electron chi connectivity index (χ2n) is 15.9. The molecule has 0 aromatic carbocycles. The second kappa shape index (κ2) is 21.4. The van der Waals surface area contributed by atoms with Gasteiger partial charge in [0.1, 0.15) is 6.10 Å². The number of likely N-dealkylation sites (N-methyl/N-ethyl adjacent to an activating group) is 1. The van der Waals surface area contributed by atoms with E-state index < -0.39 is 24.2 Å². The number of nitrogens with one attached hydrogen (secondary N) is 1. The molecule has 0 bridgehead atoms. The van der Waals surface area contributed by atoms with E-state index in [9.17, 15) is 24.6 Å². The number of thiazole rings is 1. The third kappa shape index (κ3) is 14.2. The van der Waals surface area contributed by atoms with E-state index >= 15 is 0 Å². The van der Waals surface area contributed by atoms with Gasteiger partial charge in [0.15, 0.2) is 5.13 Å².